The number of pyridine rings is 1. The molecule has 1 aliphatic heterocycles. The fourth-order valence-corrected chi connectivity index (χ4v) is 4.83. The van der Waals surface area contributed by atoms with Crippen molar-refractivity contribution in [1.29, 1.82) is 0 Å². The molecule has 0 N–H and O–H groups in total. The number of aromatic nitrogens is 2. The molecule has 30 heavy (non-hydrogen) atoms. The predicted octanol–water partition coefficient (Wildman–Crippen LogP) is 5.31. The first-order chi connectivity index (χ1) is 14.7. The minimum absolute atomic E-state index is 0.203. The van der Waals surface area contributed by atoms with Gasteiger partial charge in [0.25, 0.3) is 0 Å². The van der Waals surface area contributed by atoms with Crippen molar-refractivity contribution in [2.75, 3.05) is 18.1 Å². The van der Waals surface area contributed by atoms with E-state index >= 15 is 0 Å². The van der Waals surface area contributed by atoms with Gasteiger partial charge in [-0.1, -0.05) is 62.1 Å². The summed E-state index contributed by atoms with van der Waals surface area (Å²) in [5.74, 6) is 1.44. The average Bonchev–Trinajstić information content (AvgIpc) is 3.40. The highest BCUT2D eigenvalue weighted by Gasteiger charge is 2.30. The molecule has 2 aliphatic rings. The first-order valence-electron chi connectivity index (χ1n) is 10.9. The number of carbonyl (C=O) groups excluding carboxylic acids is 1. The number of carbonyl (C=O) groups is 1. The molecule has 1 aliphatic carbocycles. The third-order valence-electron chi connectivity index (χ3n) is 6.18. The maximum atomic E-state index is 12.6. The molecule has 3 aromatic rings. The van der Waals surface area contributed by atoms with Crippen molar-refractivity contribution in [3.8, 4) is 11.3 Å². The summed E-state index contributed by atoms with van der Waals surface area (Å²) in [6.45, 7) is 2.44. The highest BCUT2D eigenvalue weighted by atomic mass is 16.5. The lowest BCUT2D eigenvalue weighted by atomic mass is 9.99. The number of hydrogen-bond donors (Lipinski definition) is 0. The Hall–Kier alpha value is -3.08. The van der Waals surface area contributed by atoms with Crippen LogP contribution in [0.15, 0.2) is 54.2 Å². The number of nitrogens with zero attached hydrogens (tertiary/aromatic N) is 3. The molecule has 0 amide bonds. The molecule has 5 heteroatoms. The molecule has 5 nitrogen and oxygen atoms in total. The van der Waals surface area contributed by atoms with Crippen LogP contribution in [-0.4, -0.2) is 28.5 Å². The Balaban J connectivity index is 1.65. The molecular formula is C25H27N3O2. The van der Waals surface area contributed by atoms with Crippen LogP contribution in [0.3, 0.4) is 0 Å². The Bertz CT molecular complexity index is 1090. The van der Waals surface area contributed by atoms with Crippen LogP contribution in [0.5, 0.6) is 0 Å². The average molecular weight is 402 g/mol. The van der Waals surface area contributed by atoms with Crippen LogP contribution >= 0.6 is 0 Å². The van der Waals surface area contributed by atoms with Gasteiger partial charge in [-0.2, -0.15) is 0 Å². The van der Waals surface area contributed by atoms with Gasteiger partial charge in [0, 0.05) is 11.3 Å². The van der Waals surface area contributed by atoms with Crippen LogP contribution < -0.4 is 4.90 Å². The highest BCUT2D eigenvalue weighted by Crippen LogP contribution is 2.41. The normalized spacial score (nSPS) is 16.2. The van der Waals surface area contributed by atoms with Gasteiger partial charge in [0.15, 0.2) is 0 Å². The summed E-state index contributed by atoms with van der Waals surface area (Å²) >= 11 is 0. The summed E-state index contributed by atoms with van der Waals surface area (Å²) in [7, 11) is 0. The van der Waals surface area contributed by atoms with Crippen LogP contribution in [0.2, 0.25) is 0 Å². The van der Waals surface area contributed by atoms with Gasteiger partial charge in [-0.15, -0.1) is 0 Å². The van der Waals surface area contributed by atoms with Crippen molar-refractivity contribution >= 4 is 23.5 Å². The lowest BCUT2D eigenvalue weighted by molar-refractivity contribution is -0.141. The zero-order valence-corrected chi connectivity index (χ0v) is 17.4. The number of esters is 1. The van der Waals surface area contributed by atoms with Gasteiger partial charge >= 0.3 is 5.97 Å². The molecule has 0 unspecified atom stereocenters. The van der Waals surface area contributed by atoms with Gasteiger partial charge in [0.1, 0.15) is 23.7 Å². The van der Waals surface area contributed by atoms with Crippen LogP contribution in [0.1, 0.15) is 44.7 Å². The van der Waals surface area contributed by atoms with Gasteiger partial charge < -0.3 is 9.64 Å². The zero-order valence-electron chi connectivity index (χ0n) is 17.4. The van der Waals surface area contributed by atoms with Gasteiger partial charge in [-0.3, -0.25) is 9.20 Å². The third kappa shape index (κ3) is 3.38. The number of imidazole rings is 1. The van der Waals surface area contributed by atoms with Gasteiger partial charge in [-0.25, -0.2) is 4.98 Å². The molecule has 3 heterocycles. The van der Waals surface area contributed by atoms with Crippen LogP contribution in [-0.2, 0) is 9.53 Å². The van der Waals surface area contributed by atoms with E-state index in [0.717, 1.165) is 34.8 Å². The maximum absolute atomic E-state index is 12.6. The number of allylic oxidation sites excluding steroid dienone is 1. The largest absolute Gasteiger partial charge is 0.465 e. The molecule has 0 atom stereocenters. The molecule has 0 bridgehead atoms. The number of anilines is 1. The minimum atomic E-state index is -0.205. The highest BCUT2D eigenvalue weighted by molar-refractivity contribution is 5.87. The second kappa shape index (κ2) is 7.98. The van der Waals surface area contributed by atoms with E-state index in [9.17, 15) is 4.79 Å². The smallest absolute Gasteiger partial charge is 0.326 e. The van der Waals surface area contributed by atoms with Crippen molar-refractivity contribution in [1.82, 2.24) is 9.38 Å². The Labute approximate surface area is 177 Å². The first-order valence-corrected chi connectivity index (χ1v) is 10.9. The molecule has 0 saturated heterocycles. The molecule has 1 aromatic carbocycles. The van der Waals surface area contributed by atoms with Crippen LogP contribution in [0.4, 0.5) is 5.82 Å². The molecule has 2 aromatic heterocycles. The van der Waals surface area contributed by atoms with E-state index in [2.05, 4.69) is 39.6 Å². The second-order valence-electron chi connectivity index (χ2n) is 8.18. The summed E-state index contributed by atoms with van der Waals surface area (Å²) in [5.41, 5.74) is 5.16. The summed E-state index contributed by atoms with van der Waals surface area (Å²) in [6.07, 6.45) is 8.35. The van der Waals surface area contributed by atoms with Gasteiger partial charge in [0.2, 0.25) is 0 Å². The molecule has 0 radical (unpaired) electrons. The van der Waals surface area contributed by atoms with Crippen LogP contribution in [0, 0.1) is 5.92 Å². The molecular weight excluding hydrogens is 374 g/mol. The molecule has 5 rings (SSSR count). The Morgan fingerprint density at radius 3 is 2.67 bits per heavy atom. The van der Waals surface area contributed by atoms with E-state index in [0.29, 0.717) is 12.5 Å². The minimum Gasteiger partial charge on any atom is -0.465 e. The lowest BCUT2D eigenvalue weighted by Crippen LogP contribution is -2.34. The van der Waals surface area contributed by atoms with E-state index in [1.807, 2.05) is 31.2 Å². The monoisotopic (exact) mass is 401 g/mol. The van der Waals surface area contributed by atoms with Crippen molar-refractivity contribution in [3.05, 3.63) is 59.9 Å². The Morgan fingerprint density at radius 2 is 1.90 bits per heavy atom. The van der Waals surface area contributed by atoms with Crippen molar-refractivity contribution in [2.24, 2.45) is 5.92 Å². The van der Waals surface area contributed by atoms with E-state index in [1.165, 1.54) is 31.4 Å². The maximum Gasteiger partial charge on any atom is 0.326 e. The third-order valence-corrected chi connectivity index (χ3v) is 6.18. The SMILES string of the molecule is CCOC(=O)CN1C(CC2CCCC2)=Cc2cccc3nc(-c4ccccc4)c1n23. The van der Waals surface area contributed by atoms with E-state index in [-0.39, 0.29) is 12.5 Å². The second-order valence-corrected chi connectivity index (χ2v) is 8.18. The van der Waals surface area contributed by atoms with Crippen molar-refractivity contribution in [3.63, 3.8) is 0 Å². The number of benzene rings is 1. The fraction of sp³-hybridized carbons (Fsp3) is 0.360. The number of hydrogen-bond acceptors (Lipinski definition) is 4. The summed E-state index contributed by atoms with van der Waals surface area (Å²) in [6, 6.07) is 16.4. The lowest BCUT2D eigenvalue weighted by Gasteiger charge is -2.32. The Morgan fingerprint density at radius 1 is 1.10 bits per heavy atom. The summed E-state index contributed by atoms with van der Waals surface area (Å²) in [4.78, 5) is 19.7. The van der Waals surface area contributed by atoms with E-state index in [1.54, 1.807) is 0 Å². The number of ether oxygens (including phenoxy) is 1. The summed E-state index contributed by atoms with van der Waals surface area (Å²) < 4.78 is 7.50. The first kappa shape index (κ1) is 18.9. The van der Waals surface area contributed by atoms with E-state index < -0.39 is 0 Å². The van der Waals surface area contributed by atoms with E-state index in [4.69, 9.17) is 9.72 Å². The molecule has 0 spiro atoms. The fourth-order valence-electron chi connectivity index (χ4n) is 4.83. The van der Waals surface area contributed by atoms with Gasteiger partial charge in [0.05, 0.1) is 12.3 Å². The number of rotatable bonds is 6. The Kier molecular flexibility index (Phi) is 5.03. The summed E-state index contributed by atoms with van der Waals surface area (Å²) in [5, 5.41) is 0. The molecule has 1 saturated carbocycles. The topological polar surface area (TPSA) is 46.8 Å². The quantitative estimate of drug-likeness (QED) is 0.526. The standard InChI is InChI=1S/C25H27N3O2/c1-2-30-23(29)17-27-21(15-18-9-6-7-10-18)16-20-13-8-14-22-26-24(25(27)28(20)22)19-11-4-3-5-12-19/h3-5,8,11-14,16,18H,2,6-7,9-10,15,17H2,1H3. The zero-order chi connectivity index (χ0) is 20.5. The molecule has 1 fully saturated rings. The van der Waals surface area contributed by atoms with Crippen molar-refractivity contribution < 1.29 is 9.53 Å². The van der Waals surface area contributed by atoms with Crippen LogP contribution in [0.25, 0.3) is 23.0 Å². The predicted molar refractivity (Wildman–Crippen MR) is 119 cm³/mol. The van der Waals surface area contributed by atoms with Crippen molar-refractivity contribution in [2.45, 2.75) is 39.0 Å². The molecule has 154 valence electrons. The van der Waals surface area contributed by atoms with Gasteiger partial charge in [-0.05, 0) is 37.5 Å².